The van der Waals surface area contributed by atoms with Crippen molar-refractivity contribution < 1.29 is 4.42 Å². The lowest BCUT2D eigenvalue weighted by molar-refractivity contribution is 0.466. The van der Waals surface area contributed by atoms with Crippen LogP contribution in [0.3, 0.4) is 0 Å². The van der Waals surface area contributed by atoms with Crippen molar-refractivity contribution in [1.82, 2.24) is 10.2 Å². The summed E-state index contributed by atoms with van der Waals surface area (Å²) in [4.78, 5) is 0.992. The molecule has 0 spiro atoms. The largest absolute Gasteiger partial charge is 0.410 e. The molecule has 2 aromatic carbocycles. The highest BCUT2D eigenvalue weighted by Gasteiger charge is 2.21. The van der Waals surface area contributed by atoms with Crippen molar-refractivity contribution in [1.29, 1.82) is 0 Å². The molecule has 0 saturated carbocycles. The minimum atomic E-state index is 0.110. The van der Waals surface area contributed by atoms with Crippen LogP contribution in [-0.2, 0) is 0 Å². The van der Waals surface area contributed by atoms with Crippen molar-refractivity contribution in [2.24, 2.45) is 0 Å². The maximum atomic E-state index is 5.89. The summed E-state index contributed by atoms with van der Waals surface area (Å²) in [5.74, 6) is 0.578. The van der Waals surface area contributed by atoms with Crippen molar-refractivity contribution in [3.8, 4) is 10.8 Å². The zero-order valence-corrected chi connectivity index (χ0v) is 15.3. The molecule has 0 amide bonds. The Morgan fingerprint density at radius 2 is 1.72 bits per heavy atom. The summed E-state index contributed by atoms with van der Waals surface area (Å²) in [7, 11) is 0. The minimum Gasteiger partial charge on any atom is -0.410 e. The average molecular weight is 364 g/mol. The van der Waals surface area contributed by atoms with Crippen LogP contribution < -0.4 is 0 Å². The van der Waals surface area contributed by atoms with E-state index in [0.717, 1.165) is 4.88 Å². The normalized spacial score (nSPS) is 12.2. The Labute approximate surface area is 154 Å². The van der Waals surface area contributed by atoms with E-state index in [4.69, 9.17) is 4.42 Å². The molecule has 1 atom stereocenters. The summed E-state index contributed by atoms with van der Waals surface area (Å²) in [5, 5.41) is 11.1. The van der Waals surface area contributed by atoms with Crippen molar-refractivity contribution in [3.63, 3.8) is 0 Å². The van der Waals surface area contributed by atoms with E-state index in [2.05, 4.69) is 65.7 Å². The van der Waals surface area contributed by atoms with Gasteiger partial charge in [0.25, 0.3) is 11.1 Å². The second-order valence-electron chi connectivity index (χ2n) is 5.62. The molecule has 2 aromatic heterocycles. The van der Waals surface area contributed by atoms with Crippen LogP contribution in [0.1, 0.15) is 21.9 Å². The molecule has 2 heterocycles. The Balaban J connectivity index is 1.69. The third-order valence-electron chi connectivity index (χ3n) is 3.93. The van der Waals surface area contributed by atoms with Gasteiger partial charge in [-0.05, 0) is 35.1 Å². The molecule has 5 heteroatoms. The molecule has 0 radical (unpaired) electrons. The van der Waals surface area contributed by atoms with Crippen LogP contribution >= 0.6 is 23.1 Å². The van der Waals surface area contributed by atoms with Gasteiger partial charge in [0, 0.05) is 0 Å². The summed E-state index contributed by atoms with van der Waals surface area (Å²) in [5.41, 5.74) is 3.73. The molecule has 124 valence electrons. The standard InChI is InChI=1S/C20H16N2OS2/c1-14-8-5-6-11-16(14)18(15-9-3-2-4-10-15)25-20-22-21-19(23-20)17-12-7-13-24-17/h2-13,18H,1H3. The summed E-state index contributed by atoms with van der Waals surface area (Å²) in [6, 6.07) is 22.8. The van der Waals surface area contributed by atoms with Crippen LogP contribution in [0.2, 0.25) is 0 Å². The van der Waals surface area contributed by atoms with Crippen LogP contribution in [0.4, 0.5) is 0 Å². The van der Waals surface area contributed by atoms with E-state index in [1.54, 1.807) is 23.1 Å². The fourth-order valence-electron chi connectivity index (χ4n) is 2.68. The molecule has 0 fully saturated rings. The lowest BCUT2D eigenvalue weighted by Gasteiger charge is -2.17. The zero-order valence-electron chi connectivity index (χ0n) is 13.6. The van der Waals surface area contributed by atoms with Crippen LogP contribution in [-0.4, -0.2) is 10.2 Å². The van der Waals surface area contributed by atoms with Crippen molar-refractivity contribution >= 4 is 23.1 Å². The van der Waals surface area contributed by atoms with Crippen molar-refractivity contribution in [3.05, 3.63) is 88.8 Å². The minimum absolute atomic E-state index is 0.110. The predicted octanol–water partition coefficient (Wildman–Crippen LogP) is 5.99. The Morgan fingerprint density at radius 3 is 2.48 bits per heavy atom. The molecule has 3 nitrogen and oxygen atoms in total. The lowest BCUT2D eigenvalue weighted by Crippen LogP contribution is -1.99. The van der Waals surface area contributed by atoms with Gasteiger partial charge >= 0.3 is 0 Å². The van der Waals surface area contributed by atoms with E-state index in [1.807, 2.05) is 23.6 Å². The second-order valence-corrected chi connectivity index (χ2v) is 7.62. The molecule has 1 unspecified atom stereocenters. The van der Waals surface area contributed by atoms with Gasteiger partial charge in [0.05, 0.1) is 10.1 Å². The smallest absolute Gasteiger partial charge is 0.277 e. The van der Waals surface area contributed by atoms with E-state index in [-0.39, 0.29) is 5.25 Å². The summed E-state index contributed by atoms with van der Waals surface area (Å²) >= 11 is 3.19. The van der Waals surface area contributed by atoms with Gasteiger partial charge in [-0.3, -0.25) is 0 Å². The topological polar surface area (TPSA) is 38.9 Å². The monoisotopic (exact) mass is 364 g/mol. The van der Waals surface area contributed by atoms with Gasteiger partial charge in [0.2, 0.25) is 0 Å². The third-order valence-corrected chi connectivity index (χ3v) is 5.92. The first-order valence-electron chi connectivity index (χ1n) is 7.96. The average Bonchev–Trinajstić information content (AvgIpc) is 3.33. The van der Waals surface area contributed by atoms with Crippen LogP contribution in [0, 0.1) is 6.92 Å². The number of thioether (sulfide) groups is 1. The predicted molar refractivity (Wildman–Crippen MR) is 103 cm³/mol. The molecule has 0 N–H and O–H groups in total. The van der Waals surface area contributed by atoms with E-state index < -0.39 is 0 Å². The van der Waals surface area contributed by atoms with Crippen LogP contribution in [0.15, 0.2) is 81.8 Å². The number of hydrogen-bond donors (Lipinski definition) is 0. The van der Waals surface area contributed by atoms with Gasteiger partial charge in [-0.1, -0.05) is 72.4 Å². The van der Waals surface area contributed by atoms with E-state index in [0.29, 0.717) is 11.1 Å². The SMILES string of the molecule is Cc1ccccc1C(Sc1nnc(-c2cccs2)o1)c1ccccc1. The Bertz CT molecular complexity index is 949. The van der Waals surface area contributed by atoms with Gasteiger partial charge in [-0.2, -0.15) is 0 Å². The molecular weight excluding hydrogens is 348 g/mol. The number of aryl methyl sites for hydroxylation is 1. The fraction of sp³-hybridized carbons (Fsp3) is 0.100. The molecule has 0 saturated heterocycles. The Morgan fingerprint density at radius 1 is 0.920 bits per heavy atom. The summed E-state index contributed by atoms with van der Waals surface area (Å²) < 4.78 is 5.89. The van der Waals surface area contributed by atoms with Gasteiger partial charge in [-0.15, -0.1) is 21.5 Å². The van der Waals surface area contributed by atoms with Gasteiger partial charge in [-0.25, -0.2) is 0 Å². The number of thiophene rings is 1. The molecule has 25 heavy (non-hydrogen) atoms. The first kappa shape index (κ1) is 16.1. The highest BCUT2D eigenvalue weighted by molar-refractivity contribution is 7.99. The molecule has 0 aliphatic carbocycles. The fourth-order valence-corrected chi connectivity index (χ4v) is 4.42. The maximum absolute atomic E-state index is 5.89. The molecule has 0 bridgehead atoms. The maximum Gasteiger partial charge on any atom is 0.277 e. The summed E-state index contributed by atoms with van der Waals surface area (Å²) in [6.07, 6.45) is 0. The van der Waals surface area contributed by atoms with Gasteiger partial charge in [0.1, 0.15) is 0 Å². The van der Waals surface area contributed by atoms with Gasteiger partial charge < -0.3 is 4.42 Å². The zero-order chi connectivity index (χ0) is 17.1. The van der Waals surface area contributed by atoms with E-state index in [1.165, 1.54) is 16.7 Å². The van der Waals surface area contributed by atoms with E-state index in [9.17, 15) is 0 Å². The van der Waals surface area contributed by atoms with Crippen molar-refractivity contribution in [2.45, 2.75) is 17.4 Å². The highest BCUT2D eigenvalue weighted by Crippen LogP contribution is 2.41. The number of hydrogen-bond acceptors (Lipinski definition) is 5. The van der Waals surface area contributed by atoms with E-state index >= 15 is 0 Å². The van der Waals surface area contributed by atoms with Crippen molar-refractivity contribution in [2.75, 3.05) is 0 Å². The molecule has 0 aliphatic rings. The quantitative estimate of drug-likeness (QED) is 0.408. The Kier molecular flexibility index (Phi) is 4.68. The molecule has 4 aromatic rings. The number of aromatic nitrogens is 2. The molecule has 0 aliphatic heterocycles. The summed E-state index contributed by atoms with van der Waals surface area (Å²) in [6.45, 7) is 2.14. The third kappa shape index (κ3) is 3.52. The highest BCUT2D eigenvalue weighted by atomic mass is 32.2. The van der Waals surface area contributed by atoms with Crippen LogP contribution in [0.5, 0.6) is 0 Å². The number of nitrogens with zero attached hydrogens (tertiary/aromatic N) is 2. The van der Waals surface area contributed by atoms with Gasteiger partial charge in [0.15, 0.2) is 0 Å². The first-order chi connectivity index (χ1) is 12.3. The Hall–Kier alpha value is -2.37. The first-order valence-corrected chi connectivity index (χ1v) is 9.72. The molecular formula is C20H16N2OS2. The lowest BCUT2D eigenvalue weighted by atomic mass is 10.0. The molecule has 4 rings (SSSR count). The number of rotatable bonds is 5. The van der Waals surface area contributed by atoms with Crippen LogP contribution in [0.25, 0.3) is 10.8 Å². The second kappa shape index (κ2) is 7.25. The number of benzene rings is 2.